The van der Waals surface area contributed by atoms with Crippen molar-refractivity contribution in [2.24, 2.45) is 5.16 Å². The zero-order chi connectivity index (χ0) is 22.5. The van der Waals surface area contributed by atoms with Crippen LogP contribution in [0.25, 0.3) is 16.9 Å². The van der Waals surface area contributed by atoms with Gasteiger partial charge in [-0.1, -0.05) is 65.3 Å². The quantitative estimate of drug-likeness (QED) is 0.226. The third-order valence-corrected chi connectivity index (χ3v) is 5.60. The molecule has 5 heteroatoms. The minimum absolute atomic E-state index is 0.390. The normalized spacial score (nSPS) is 11.4. The second-order valence-electron chi connectivity index (χ2n) is 7.51. The van der Waals surface area contributed by atoms with Gasteiger partial charge in [-0.15, -0.1) is 0 Å². The Hall–Kier alpha value is -3.50. The number of methoxy groups -OCH3 is 1. The SMILES string of the molecule is COc1ccc(CO/N=C(/C)c2cc(-c3ccccc3)n(-c3cccc(Cl)c3)c2C)cc1. The fourth-order valence-electron chi connectivity index (χ4n) is 3.72. The standard InChI is InChI=1S/C27H25ClN2O2/c1-19(29-32-18-21-12-14-25(31-3)15-13-21)26-17-27(22-8-5-4-6-9-22)30(20(26)2)24-11-7-10-23(28)16-24/h4-17H,18H2,1-3H3/b29-19-. The minimum Gasteiger partial charge on any atom is -0.497 e. The summed E-state index contributed by atoms with van der Waals surface area (Å²) in [6, 6.07) is 28.1. The van der Waals surface area contributed by atoms with Crippen LogP contribution in [-0.4, -0.2) is 17.4 Å². The van der Waals surface area contributed by atoms with Gasteiger partial charge < -0.3 is 14.1 Å². The van der Waals surface area contributed by atoms with Crippen LogP contribution in [0.2, 0.25) is 5.02 Å². The van der Waals surface area contributed by atoms with Crippen molar-refractivity contribution < 1.29 is 9.57 Å². The van der Waals surface area contributed by atoms with Gasteiger partial charge in [-0.3, -0.25) is 0 Å². The Balaban J connectivity index is 1.66. The summed E-state index contributed by atoms with van der Waals surface area (Å²) in [4.78, 5) is 5.66. The number of hydrogen-bond donors (Lipinski definition) is 0. The third kappa shape index (κ3) is 4.71. The molecule has 0 N–H and O–H groups in total. The van der Waals surface area contributed by atoms with E-state index in [4.69, 9.17) is 21.2 Å². The molecule has 0 amide bonds. The van der Waals surface area contributed by atoms with E-state index >= 15 is 0 Å². The highest BCUT2D eigenvalue weighted by Crippen LogP contribution is 2.31. The van der Waals surface area contributed by atoms with Crippen molar-refractivity contribution in [3.63, 3.8) is 0 Å². The third-order valence-electron chi connectivity index (χ3n) is 5.36. The lowest BCUT2D eigenvalue weighted by Gasteiger charge is -2.13. The van der Waals surface area contributed by atoms with Crippen molar-refractivity contribution in [3.8, 4) is 22.7 Å². The van der Waals surface area contributed by atoms with Gasteiger partial charge in [-0.2, -0.15) is 0 Å². The van der Waals surface area contributed by atoms with Crippen LogP contribution in [0.3, 0.4) is 0 Å². The molecule has 0 bridgehead atoms. The van der Waals surface area contributed by atoms with Crippen molar-refractivity contribution in [2.45, 2.75) is 20.5 Å². The Morgan fingerprint density at radius 3 is 2.38 bits per heavy atom. The summed E-state index contributed by atoms with van der Waals surface area (Å²) in [5.74, 6) is 0.819. The van der Waals surface area contributed by atoms with E-state index in [1.54, 1.807) is 7.11 Å². The molecule has 0 aliphatic rings. The number of halogens is 1. The fourth-order valence-corrected chi connectivity index (χ4v) is 3.90. The first-order valence-corrected chi connectivity index (χ1v) is 10.8. The van der Waals surface area contributed by atoms with E-state index in [1.807, 2.05) is 67.6 Å². The van der Waals surface area contributed by atoms with Gasteiger partial charge in [0.1, 0.15) is 12.4 Å². The Bertz CT molecular complexity index is 1230. The second kappa shape index (κ2) is 9.75. The molecule has 1 aromatic heterocycles. The molecule has 32 heavy (non-hydrogen) atoms. The number of hydrogen-bond acceptors (Lipinski definition) is 3. The first kappa shape index (κ1) is 21.7. The van der Waals surface area contributed by atoms with Crippen LogP contribution in [0.5, 0.6) is 5.75 Å². The van der Waals surface area contributed by atoms with E-state index in [1.165, 1.54) is 0 Å². The van der Waals surface area contributed by atoms with Gasteiger partial charge in [0.05, 0.1) is 18.5 Å². The average molecular weight is 445 g/mol. The maximum Gasteiger partial charge on any atom is 0.142 e. The number of ether oxygens (including phenoxy) is 1. The summed E-state index contributed by atoms with van der Waals surface area (Å²) >= 11 is 6.30. The molecule has 0 saturated carbocycles. The molecular formula is C27H25ClN2O2. The van der Waals surface area contributed by atoms with Crippen LogP contribution in [-0.2, 0) is 11.4 Å². The van der Waals surface area contributed by atoms with E-state index in [9.17, 15) is 0 Å². The molecule has 162 valence electrons. The average Bonchev–Trinajstić information content (AvgIpc) is 3.17. The maximum absolute atomic E-state index is 6.30. The van der Waals surface area contributed by atoms with Crippen molar-refractivity contribution in [3.05, 3.63) is 107 Å². The van der Waals surface area contributed by atoms with Gasteiger partial charge in [0.2, 0.25) is 0 Å². The monoisotopic (exact) mass is 444 g/mol. The van der Waals surface area contributed by atoms with Gasteiger partial charge in [0, 0.05) is 22.0 Å². The van der Waals surface area contributed by atoms with E-state index < -0.39 is 0 Å². The van der Waals surface area contributed by atoms with Gasteiger partial charge >= 0.3 is 0 Å². The molecular weight excluding hydrogens is 420 g/mol. The summed E-state index contributed by atoms with van der Waals surface area (Å²) in [5.41, 5.74) is 7.14. The van der Waals surface area contributed by atoms with Gasteiger partial charge in [0.15, 0.2) is 0 Å². The molecule has 4 rings (SSSR count). The Morgan fingerprint density at radius 2 is 1.69 bits per heavy atom. The van der Waals surface area contributed by atoms with E-state index in [0.29, 0.717) is 11.6 Å². The highest BCUT2D eigenvalue weighted by atomic mass is 35.5. The zero-order valence-electron chi connectivity index (χ0n) is 18.4. The topological polar surface area (TPSA) is 35.8 Å². The van der Waals surface area contributed by atoms with Crippen molar-refractivity contribution in [2.75, 3.05) is 7.11 Å². The molecule has 0 saturated heterocycles. The van der Waals surface area contributed by atoms with E-state index in [-0.39, 0.29) is 0 Å². The molecule has 3 aromatic carbocycles. The highest BCUT2D eigenvalue weighted by Gasteiger charge is 2.17. The fraction of sp³-hybridized carbons (Fsp3) is 0.148. The van der Waals surface area contributed by atoms with E-state index in [2.05, 4.69) is 40.9 Å². The molecule has 0 fully saturated rings. The zero-order valence-corrected chi connectivity index (χ0v) is 19.1. The summed E-state index contributed by atoms with van der Waals surface area (Å²) < 4.78 is 7.41. The lowest BCUT2D eigenvalue weighted by molar-refractivity contribution is 0.130. The Labute approximate surface area is 193 Å². The van der Waals surface area contributed by atoms with Crippen LogP contribution in [0.1, 0.15) is 23.7 Å². The number of oxime groups is 1. The number of nitrogens with zero attached hydrogens (tertiary/aromatic N) is 2. The summed E-state index contributed by atoms with van der Waals surface area (Å²) in [6.07, 6.45) is 0. The number of rotatable bonds is 7. The summed E-state index contributed by atoms with van der Waals surface area (Å²) in [5, 5.41) is 5.10. The van der Waals surface area contributed by atoms with E-state index in [0.717, 1.165) is 45.2 Å². The molecule has 0 atom stereocenters. The smallest absolute Gasteiger partial charge is 0.142 e. The Kier molecular flexibility index (Phi) is 6.62. The molecule has 0 spiro atoms. The molecule has 0 aliphatic carbocycles. The summed E-state index contributed by atoms with van der Waals surface area (Å²) in [7, 11) is 1.65. The molecule has 0 radical (unpaired) electrons. The largest absolute Gasteiger partial charge is 0.497 e. The maximum atomic E-state index is 6.30. The lowest BCUT2D eigenvalue weighted by atomic mass is 10.1. The highest BCUT2D eigenvalue weighted by molar-refractivity contribution is 6.30. The number of aromatic nitrogens is 1. The second-order valence-corrected chi connectivity index (χ2v) is 7.94. The first-order chi connectivity index (χ1) is 15.6. The van der Waals surface area contributed by atoms with Crippen molar-refractivity contribution in [1.29, 1.82) is 0 Å². The van der Waals surface area contributed by atoms with Crippen LogP contribution in [0, 0.1) is 6.92 Å². The van der Waals surface area contributed by atoms with Gasteiger partial charge in [-0.25, -0.2) is 0 Å². The Morgan fingerprint density at radius 1 is 0.938 bits per heavy atom. The van der Waals surface area contributed by atoms with Gasteiger partial charge in [-0.05, 0) is 61.4 Å². The predicted octanol–water partition coefficient (Wildman–Crippen LogP) is 7.06. The molecule has 0 unspecified atom stereocenters. The minimum atomic E-state index is 0.390. The summed E-state index contributed by atoms with van der Waals surface area (Å²) in [6.45, 7) is 4.44. The number of benzene rings is 3. The van der Waals surface area contributed by atoms with Crippen molar-refractivity contribution >= 4 is 17.3 Å². The molecule has 0 aliphatic heterocycles. The van der Waals surface area contributed by atoms with Crippen LogP contribution in [0.4, 0.5) is 0 Å². The molecule has 1 heterocycles. The first-order valence-electron chi connectivity index (χ1n) is 10.4. The lowest BCUT2D eigenvalue weighted by Crippen LogP contribution is -2.02. The van der Waals surface area contributed by atoms with Crippen LogP contribution < -0.4 is 4.74 Å². The molecule has 4 nitrogen and oxygen atoms in total. The van der Waals surface area contributed by atoms with Gasteiger partial charge in [0.25, 0.3) is 0 Å². The predicted molar refractivity (Wildman–Crippen MR) is 131 cm³/mol. The van der Waals surface area contributed by atoms with Crippen LogP contribution in [0.15, 0.2) is 90.1 Å². The van der Waals surface area contributed by atoms with Crippen molar-refractivity contribution in [1.82, 2.24) is 4.57 Å². The molecule has 4 aromatic rings. The van der Waals surface area contributed by atoms with Crippen LogP contribution >= 0.6 is 11.6 Å².